The maximum atomic E-state index is 13.8. The quantitative estimate of drug-likeness (QED) is 0.344. The molecular weight excluding hydrogens is 536 g/mol. The summed E-state index contributed by atoms with van der Waals surface area (Å²) in [7, 11) is 1.59. The lowest BCUT2D eigenvalue weighted by atomic mass is 10.0. The molecule has 220 valence electrons. The number of imidazole rings is 1. The van der Waals surface area contributed by atoms with Crippen molar-refractivity contribution in [3.63, 3.8) is 0 Å². The van der Waals surface area contributed by atoms with Crippen molar-refractivity contribution in [2.45, 2.75) is 83.6 Å². The molecule has 11 nitrogen and oxygen atoms in total. The van der Waals surface area contributed by atoms with E-state index in [2.05, 4.69) is 20.9 Å². The Balaban J connectivity index is 1.22. The SMILES string of the molecule is COc1cc(C(=O)N2C3CC(NC(=O)OC(C)(C)C)C2C3)cc2nc(-c3cc4ccc(O)nc4n3CC3CC3)c(C)n12. The minimum absolute atomic E-state index is 0.00996. The number of ether oxygens (including phenoxy) is 2. The Morgan fingerprint density at radius 1 is 1.12 bits per heavy atom. The van der Waals surface area contributed by atoms with Gasteiger partial charge in [0.2, 0.25) is 5.88 Å². The van der Waals surface area contributed by atoms with Gasteiger partial charge >= 0.3 is 6.09 Å². The van der Waals surface area contributed by atoms with Crippen LogP contribution in [0.3, 0.4) is 0 Å². The lowest BCUT2D eigenvalue weighted by molar-refractivity contribution is 0.0348. The monoisotopic (exact) mass is 572 g/mol. The molecule has 3 unspecified atom stereocenters. The number of aromatic nitrogens is 4. The van der Waals surface area contributed by atoms with Crippen molar-refractivity contribution in [2.75, 3.05) is 7.11 Å². The molecule has 6 heterocycles. The third-order valence-corrected chi connectivity index (χ3v) is 8.67. The molecule has 2 bridgehead atoms. The van der Waals surface area contributed by atoms with Gasteiger partial charge in [0, 0.05) is 35.7 Å². The summed E-state index contributed by atoms with van der Waals surface area (Å²) in [6, 6.07) is 8.98. The number of nitrogens with zero attached hydrogens (tertiary/aromatic N) is 5. The highest BCUT2D eigenvalue weighted by Crippen LogP contribution is 2.43. The Bertz CT molecular complexity index is 1750. The van der Waals surface area contributed by atoms with Crippen molar-refractivity contribution in [1.29, 1.82) is 0 Å². The van der Waals surface area contributed by atoms with E-state index in [1.807, 2.05) is 49.1 Å². The second-order valence-corrected chi connectivity index (χ2v) is 12.8. The summed E-state index contributed by atoms with van der Waals surface area (Å²) in [5.74, 6) is 0.989. The van der Waals surface area contributed by atoms with Crippen LogP contribution in [0.2, 0.25) is 0 Å². The Morgan fingerprint density at radius 2 is 1.90 bits per heavy atom. The molecule has 0 aromatic carbocycles. The first-order valence-corrected chi connectivity index (χ1v) is 14.6. The van der Waals surface area contributed by atoms with E-state index in [1.54, 1.807) is 19.2 Å². The first-order valence-electron chi connectivity index (χ1n) is 14.6. The smallest absolute Gasteiger partial charge is 0.407 e. The third kappa shape index (κ3) is 4.42. The zero-order valence-electron chi connectivity index (χ0n) is 24.5. The van der Waals surface area contributed by atoms with Crippen molar-refractivity contribution >= 4 is 28.7 Å². The van der Waals surface area contributed by atoms with Crippen molar-refractivity contribution in [2.24, 2.45) is 5.92 Å². The molecule has 2 aliphatic heterocycles. The number of methoxy groups -OCH3 is 1. The van der Waals surface area contributed by atoms with Gasteiger partial charge in [0.15, 0.2) is 5.88 Å². The Morgan fingerprint density at radius 3 is 2.62 bits per heavy atom. The Kier molecular flexibility index (Phi) is 5.93. The Labute approximate surface area is 243 Å². The highest BCUT2D eigenvalue weighted by atomic mass is 16.6. The second-order valence-electron chi connectivity index (χ2n) is 12.8. The van der Waals surface area contributed by atoms with Crippen molar-refractivity contribution in [3.8, 4) is 23.1 Å². The summed E-state index contributed by atoms with van der Waals surface area (Å²) in [6.45, 7) is 8.29. The molecule has 2 saturated carbocycles. The topological polar surface area (TPSA) is 123 Å². The van der Waals surface area contributed by atoms with E-state index in [-0.39, 0.29) is 29.9 Å². The normalized spacial score (nSPS) is 21.5. The number of amides is 2. The summed E-state index contributed by atoms with van der Waals surface area (Å²) < 4.78 is 15.3. The maximum Gasteiger partial charge on any atom is 0.407 e. The van der Waals surface area contributed by atoms with Gasteiger partial charge in [-0.25, -0.2) is 9.78 Å². The van der Waals surface area contributed by atoms with Crippen LogP contribution in [0.4, 0.5) is 4.79 Å². The first kappa shape index (κ1) is 26.6. The third-order valence-electron chi connectivity index (χ3n) is 8.67. The van der Waals surface area contributed by atoms with Crippen LogP contribution in [0.1, 0.15) is 62.5 Å². The average Bonchev–Trinajstić information content (AvgIpc) is 3.21. The molecule has 2 N–H and O–H groups in total. The van der Waals surface area contributed by atoms with Crippen LogP contribution < -0.4 is 10.1 Å². The van der Waals surface area contributed by atoms with E-state index in [4.69, 9.17) is 14.5 Å². The minimum Gasteiger partial charge on any atom is -0.493 e. The van der Waals surface area contributed by atoms with E-state index >= 15 is 0 Å². The van der Waals surface area contributed by atoms with Gasteiger partial charge in [0.25, 0.3) is 5.91 Å². The lowest BCUT2D eigenvalue weighted by Gasteiger charge is -2.41. The van der Waals surface area contributed by atoms with E-state index < -0.39 is 11.7 Å². The highest BCUT2D eigenvalue weighted by Gasteiger charge is 2.54. The van der Waals surface area contributed by atoms with Gasteiger partial charge in [0.05, 0.1) is 30.6 Å². The zero-order valence-corrected chi connectivity index (χ0v) is 24.5. The van der Waals surface area contributed by atoms with Crippen molar-refractivity contribution in [3.05, 3.63) is 41.6 Å². The van der Waals surface area contributed by atoms with E-state index in [1.165, 1.54) is 12.8 Å². The number of hydrogen-bond acceptors (Lipinski definition) is 7. The number of rotatable bonds is 6. The van der Waals surface area contributed by atoms with Gasteiger partial charge in [0.1, 0.15) is 22.6 Å². The molecular formula is C31H36N6O5. The number of nitrogens with one attached hydrogen (secondary N) is 1. The van der Waals surface area contributed by atoms with Crippen LogP contribution in [-0.4, -0.2) is 71.8 Å². The minimum atomic E-state index is -0.584. The molecule has 4 aromatic heterocycles. The number of carbonyl (C=O) groups excluding carboxylic acids is 2. The Hall–Kier alpha value is -4.28. The summed E-state index contributed by atoms with van der Waals surface area (Å²) >= 11 is 0. The number of alkyl carbamates (subject to hydrolysis) is 1. The van der Waals surface area contributed by atoms with Crippen LogP contribution in [0, 0.1) is 12.8 Å². The standard InChI is InChI=1S/C31H36N6O5/c1-16-27(23-10-18-8-9-25(38)34-28(18)35(23)15-17-6-7-17)33-24-11-19(12-26(41-5)36(16)24)29(39)37-20-13-21(22(37)14-20)32-30(40)42-31(2,3)4/h8-12,17,20-22H,6-7,13-15H2,1-5H3,(H,32,40)(H,34,38). The predicted molar refractivity (Wildman–Crippen MR) is 156 cm³/mol. The van der Waals surface area contributed by atoms with Crippen molar-refractivity contribution < 1.29 is 24.2 Å². The summed E-state index contributed by atoms with van der Waals surface area (Å²) in [5, 5.41) is 14.0. The molecule has 2 aliphatic carbocycles. The van der Waals surface area contributed by atoms with Crippen LogP contribution in [0.15, 0.2) is 30.3 Å². The van der Waals surface area contributed by atoms with Crippen LogP contribution in [0.25, 0.3) is 28.1 Å². The molecule has 0 radical (unpaired) electrons. The van der Waals surface area contributed by atoms with Gasteiger partial charge < -0.3 is 29.4 Å². The molecule has 4 aliphatic rings. The molecule has 2 saturated heterocycles. The van der Waals surface area contributed by atoms with E-state index in [9.17, 15) is 14.7 Å². The van der Waals surface area contributed by atoms with Gasteiger partial charge in [-0.2, -0.15) is 4.98 Å². The molecule has 2 amide bonds. The molecule has 0 spiro atoms. The molecule has 42 heavy (non-hydrogen) atoms. The number of hydrogen-bond donors (Lipinski definition) is 2. The van der Waals surface area contributed by atoms with Crippen molar-refractivity contribution in [1.82, 2.24) is 29.2 Å². The number of pyridine rings is 2. The van der Waals surface area contributed by atoms with E-state index in [0.29, 0.717) is 29.4 Å². The number of fused-ring (bicyclic) bond motifs is 3. The molecule has 4 fully saturated rings. The van der Waals surface area contributed by atoms with Crippen LogP contribution >= 0.6 is 0 Å². The number of carbonyl (C=O) groups is 2. The second kappa shape index (κ2) is 9.37. The van der Waals surface area contributed by atoms with Crippen LogP contribution in [-0.2, 0) is 11.3 Å². The van der Waals surface area contributed by atoms with Gasteiger partial charge in [-0.3, -0.25) is 9.20 Å². The fraction of sp³-hybridized carbons (Fsp3) is 0.484. The maximum absolute atomic E-state index is 13.8. The zero-order chi connectivity index (χ0) is 29.5. The summed E-state index contributed by atoms with van der Waals surface area (Å²) in [4.78, 5) is 37.5. The predicted octanol–water partition coefficient (Wildman–Crippen LogP) is 4.66. The largest absolute Gasteiger partial charge is 0.493 e. The van der Waals surface area contributed by atoms with Crippen LogP contribution in [0.5, 0.6) is 11.8 Å². The lowest BCUT2D eigenvalue weighted by Crippen LogP contribution is -2.56. The van der Waals surface area contributed by atoms with Gasteiger partial charge in [-0.15, -0.1) is 0 Å². The fourth-order valence-corrected chi connectivity index (χ4v) is 6.59. The summed E-state index contributed by atoms with van der Waals surface area (Å²) in [6.07, 6.45) is 3.45. The fourth-order valence-electron chi connectivity index (χ4n) is 6.59. The summed E-state index contributed by atoms with van der Waals surface area (Å²) in [5.41, 5.74) is 3.84. The van der Waals surface area contributed by atoms with Gasteiger partial charge in [-0.1, -0.05) is 0 Å². The molecule has 11 heteroatoms. The molecule has 3 atom stereocenters. The number of aromatic hydroxyl groups is 1. The average molecular weight is 573 g/mol. The number of aryl methyl sites for hydroxylation is 1. The van der Waals surface area contributed by atoms with Gasteiger partial charge in [-0.05, 0) is 77.5 Å². The molecule has 8 rings (SSSR count). The molecule has 4 aromatic rings. The highest BCUT2D eigenvalue weighted by molar-refractivity contribution is 5.97. The first-order chi connectivity index (χ1) is 20.0. The van der Waals surface area contributed by atoms with E-state index in [0.717, 1.165) is 41.1 Å².